The topological polar surface area (TPSA) is 54.1 Å². The third-order valence-corrected chi connectivity index (χ3v) is 4.41. The number of hydrogen-bond donors (Lipinski definition) is 1. The number of anilines is 1. The highest BCUT2D eigenvalue weighted by Gasteiger charge is 2.23. The fourth-order valence-electron chi connectivity index (χ4n) is 3.09. The van der Waals surface area contributed by atoms with Crippen LogP contribution in [0.4, 0.5) is 5.69 Å². The molecule has 2 aliphatic heterocycles. The normalized spacial score (nSPS) is 23.1. The Morgan fingerprint density at radius 3 is 2.86 bits per heavy atom. The summed E-state index contributed by atoms with van der Waals surface area (Å²) in [4.78, 5) is 9.08. The Hall–Kier alpha value is -1.75. The van der Waals surface area contributed by atoms with E-state index in [0.717, 1.165) is 45.8 Å². The van der Waals surface area contributed by atoms with Gasteiger partial charge in [-0.2, -0.15) is 0 Å². The zero-order valence-electron chi connectivity index (χ0n) is 12.7. The number of para-hydroxylation sites is 1. The molecule has 21 heavy (non-hydrogen) atoms. The summed E-state index contributed by atoms with van der Waals surface area (Å²) < 4.78 is 5.34. The van der Waals surface area contributed by atoms with E-state index in [1.807, 2.05) is 0 Å². The van der Waals surface area contributed by atoms with Gasteiger partial charge >= 0.3 is 0 Å². The van der Waals surface area contributed by atoms with Crippen LogP contribution in [-0.4, -0.2) is 57.3 Å². The van der Waals surface area contributed by atoms with E-state index >= 15 is 0 Å². The van der Waals surface area contributed by atoms with Crippen molar-refractivity contribution in [2.75, 3.05) is 51.3 Å². The number of guanidine groups is 1. The lowest BCUT2D eigenvalue weighted by atomic mass is 9.90. The van der Waals surface area contributed by atoms with Crippen molar-refractivity contribution in [2.24, 2.45) is 10.7 Å². The largest absolute Gasteiger partial charge is 0.378 e. The molecule has 2 heterocycles. The Balaban J connectivity index is 1.69. The molecule has 2 aliphatic rings. The Labute approximate surface area is 126 Å². The Morgan fingerprint density at radius 1 is 1.29 bits per heavy atom. The Kier molecular flexibility index (Phi) is 4.29. The number of morpholine rings is 1. The van der Waals surface area contributed by atoms with Gasteiger partial charge in [0.05, 0.1) is 13.2 Å². The summed E-state index contributed by atoms with van der Waals surface area (Å²) >= 11 is 0. The first kappa shape index (κ1) is 14.2. The fraction of sp³-hybridized carbons (Fsp3) is 0.562. The third kappa shape index (κ3) is 3.13. The molecular weight excluding hydrogens is 264 g/mol. The molecular formula is C16H24N4O. The van der Waals surface area contributed by atoms with Crippen LogP contribution < -0.4 is 10.6 Å². The van der Waals surface area contributed by atoms with E-state index in [2.05, 4.69) is 46.1 Å². The van der Waals surface area contributed by atoms with Crippen LogP contribution in [0.3, 0.4) is 0 Å². The molecule has 0 aliphatic carbocycles. The first-order valence-electron chi connectivity index (χ1n) is 7.68. The van der Waals surface area contributed by atoms with Gasteiger partial charge in [-0.3, -0.25) is 4.99 Å². The van der Waals surface area contributed by atoms with Gasteiger partial charge in [-0.25, -0.2) is 0 Å². The van der Waals surface area contributed by atoms with Crippen LogP contribution in [0.15, 0.2) is 29.3 Å². The molecule has 1 fully saturated rings. The zero-order chi connectivity index (χ0) is 14.7. The van der Waals surface area contributed by atoms with Crippen molar-refractivity contribution in [3.05, 3.63) is 29.8 Å². The summed E-state index contributed by atoms with van der Waals surface area (Å²) in [7, 11) is 2.15. The number of aliphatic imine (C=N–C) groups is 1. The van der Waals surface area contributed by atoms with Crippen LogP contribution >= 0.6 is 0 Å². The third-order valence-electron chi connectivity index (χ3n) is 4.41. The second-order valence-corrected chi connectivity index (χ2v) is 5.76. The molecule has 0 aromatic heterocycles. The van der Waals surface area contributed by atoms with Crippen molar-refractivity contribution in [1.29, 1.82) is 0 Å². The van der Waals surface area contributed by atoms with E-state index in [1.165, 1.54) is 11.3 Å². The lowest BCUT2D eigenvalue weighted by Gasteiger charge is -2.33. The maximum Gasteiger partial charge on any atom is 0.191 e. The summed E-state index contributed by atoms with van der Waals surface area (Å²) in [5, 5.41) is 0. The second-order valence-electron chi connectivity index (χ2n) is 5.76. The highest BCUT2D eigenvalue weighted by molar-refractivity contribution is 5.78. The van der Waals surface area contributed by atoms with Crippen molar-refractivity contribution < 1.29 is 4.74 Å². The van der Waals surface area contributed by atoms with Gasteiger partial charge in [0.15, 0.2) is 5.96 Å². The second kappa shape index (κ2) is 6.35. The number of rotatable bonds is 2. The summed E-state index contributed by atoms with van der Waals surface area (Å²) in [6, 6.07) is 8.62. The maximum atomic E-state index is 6.12. The predicted molar refractivity (Wildman–Crippen MR) is 86.0 cm³/mol. The molecule has 114 valence electrons. The Bertz CT molecular complexity index is 511. The molecule has 1 atom stereocenters. The number of nitrogens with two attached hydrogens (primary N) is 1. The lowest BCUT2D eigenvalue weighted by Crippen LogP contribution is -2.45. The average molecular weight is 288 g/mol. The molecule has 0 unspecified atom stereocenters. The van der Waals surface area contributed by atoms with Gasteiger partial charge in [0.2, 0.25) is 0 Å². The number of nitrogens with zero attached hydrogens (tertiary/aromatic N) is 3. The SMILES string of the molecule is CN1CC[C@@H](CN=C(N)N2CCOCC2)c2ccccc21. The molecule has 0 radical (unpaired) electrons. The minimum Gasteiger partial charge on any atom is -0.378 e. The van der Waals surface area contributed by atoms with E-state index in [9.17, 15) is 0 Å². The first-order chi connectivity index (χ1) is 10.3. The number of fused-ring (bicyclic) bond motifs is 1. The monoisotopic (exact) mass is 288 g/mol. The van der Waals surface area contributed by atoms with Crippen LogP contribution in [-0.2, 0) is 4.74 Å². The van der Waals surface area contributed by atoms with Crippen LogP contribution in [0.1, 0.15) is 17.9 Å². The summed E-state index contributed by atoms with van der Waals surface area (Å²) in [5.74, 6) is 1.13. The quantitative estimate of drug-likeness (QED) is 0.657. The standard InChI is InChI=1S/C16H24N4O/c1-19-7-6-13(14-4-2-3-5-15(14)19)12-18-16(17)20-8-10-21-11-9-20/h2-5,13H,6-12H2,1H3,(H2,17,18)/t13-/m0/s1. The van der Waals surface area contributed by atoms with E-state index in [1.54, 1.807) is 0 Å². The average Bonchev–Trinajstić information content (AvgIpc) is 2.55. The van der Waals surface area contributed by atoms with Gasteiger partial charge in [-0.05, 0) is 18.1 Å². The smallest absolute Gasteiger partial charge is 0.191 e. The molecule has 5 heteroatoms. The van der Waals surface area contributed by atoms with Gasteiger partial charge in [-0.15, -0.1) is 0 Å². The maximum absolute atomic E-state index is 6.12. The van der Waals surface area contributed by atoms with Gasteiger partial charge in [-0.1, -0.05) is 18.2 Å². The molecule has 0 amide bonds. The Morgan fingerprint density at radius 2 is 2.05 bits per heavy atom. The lowest BCUT2D eigenvalue weighted by molar-refractivity contribution is 0.0674. The van der Waals surface area contributed by atoms with Gasteiger partial charge < -0.3 is 20.3 Å². The molecule has 3 rings (SSSR count). The molecule has 1 aromatic carbocycles. The van der Waals surface area contributed by atoms with E-state index in [-0.39, 0.29) is 0 Å². The van der Waals surface area contributed by atoms with E-state index in [0.29, 0.717) is 11.9 Å². The molecule has 5 nitrogen and oxygen atoms in total. The van der Waals surface area contributed by atoms with Crippen LogP contribution in [0.5, 0.6) is 0 Å². The summed E-state index contributed by atoms with van der Waals surface area (Å²) in [5.41, 5.74) is 8.84. The van der Waals surface area contributed by atoms with E-state index < -0.39 is 0 Å². The first-order valence-corrected chi connectivity index (χ1v) is 7.68. The fourth-order valence-corrected chi connectivity index (χ4v) is 3.09. The molecule has 0 saturated carbocycles. The molecule has 0 bridgehead atoms. The summed E-state index contributed by atoms with van der Waals surface area (Å²) in [6.45, 7) is 5.03. The number of ether oxygens (including phenoxy) is 1. The minimum atomic E-state index is 0.469. The predicted octanol–water partition coefficient (Wildman–Crippen LogP) is 1.26. The number of hydrogen-bond acceptors (Lipinski definition) is 3. The molecule has 2 N–H and O–H groups in total. The van der Waals surface area contributed by atoms with Crippen LogP contribution in [0.25, 0.3) is 0 Å². The van der Waals surface area contributed by atoms with Crippen molar-refractivity contribution in [1.82, 2.24) is 4.90 Å². The van der Waals surface area contributed by atoms with Crippen molar-refractivity contribution in [3.8, 4) is 0 Å². The highest BCUT2D eigenvalue weighted by Crippen LogP contribution is 2.34. The van der Waals surface area contributed by atoms with Crippen molar-refractivity contribution in [2.45, 2.75) is 12.3 Å². The van der Waals surface area contributed by atoms with Crippen LogP contribution in [0, 0.1) is 0 Å². The van der Waals surface area contributed by atoms with Gasteiger partial charge in [0.25, 0.3) is 0 Å². The molecule has 0 spiro atoms. The summed E-state index contributed by atoms with van der Waals surface area (Å²) in [6.07, 6.45) is 1.13. The van der Waals surface area contributed by atoms with Gasteiger partial charge in [0.1, 0.15) is 0 Å². The zero-order valence-corrected chi connectivity index (χ0v) is 12.7. The number of benzene rings is 1. The van der Waals surface area contributed by atoms with Gasteiger partial charge in [0, 0.05) is 44.8 Å². The van der Waals surface area contributed by atoms with Crippen molar-refractivity contribution >= 4 is 11.6 Å². The van der Waals surface area contributed by atoms with Crippen molar-refractivity contribution in [3.63, 3.8) is 0 Å². The minimum absolute atomic E-state index is 0.469. The molecule has 1 aromatic rings. The van der Waals surface area contributed by atoms with E-state index in [4.69, 9.17) is 10.5 Å². The highest BCUT2D eigenvalue weighted by atomic mass is 16.5. The van der Waals surface area contributed by atoms with Crippen LogP contribution in [0.2, 0.25) is 0 Å². The molecule has 1 saturated heterocycles.